The first-order valence-corrected chi connectivity index (χ1v) is 6.44. The second-order valence-corrected chi connectivity index (χ2v) is 5.11. The van der Waals surface area contributed by atoms with Gasteiger partial charge in [0.25, 0.3) is 5.69 Å². The van der Waals surface area contributed by atoms with Crippen LogP contribution < -0.4 is 5.73 Å². The maximum atomic E-state index is 10.9. The van der Waals surface area contributed by atoms with Crippen LogP contribution in [0.25, 0.3) is 11.4 Å². The van der Waals surface area contributed by atoms with Crippen molar-refractivity contribution < 1.29 is 9.45 Å². The fraction of sp³-hybridized carbons (Fsp3) is 0.385. The molecule has 1 aromatic heterocycles. The first-order valence-electron chi connectivity index (χ1n) is 6.44. The lowest BCUT2D eigenvalue weighted by molar-refractivity contribution is -0.383. The van der Waals surface area contributed by atoms with Crippen molar-refractivity contribution in [3.05, 3.63) is 34.2 Å². The van der Waals surface area contributed by atoms with E-state index in [1.54, 1.807) is 6.07 Å². The molecule has 1 fully saturated rings. The van der Waals surface area contributed by atoms with Gasteiger partial charge in [-0.25, -0.2) is 0 Å². The molecule has 7 nitrogen and oxygen atoms in total. The molecule has 0 spiro atoms. The number of anilines is 1. The van der Waals surface area contributed by atoms with E-state index in [0.717, 1.165) is 0 Å². The van der Waals surface area contributed by atoms with E-state index in [9.17, 15) is 10.1 Å². The van der Waals surface area contributed by atoms with Gasteiger partial charge >= 0.3 is 0 Å². The third kappa shape index (κ3) is 2.22. The smallest absolute Gasteiger partial charge is 0.292 e. The Hall–Kier alpha value is -2.44. The number of nitrogen functional groups attached to an aromatic ring is 1. The fourth-order valence-electron chi connectivity index (χ4n) is 2.18. The molecule has 2 N–H and O–H groups in total. The van der Waals surface area contributed by atoms with Gasteiger partial charge in [-0.1, -0.05) is 12.1 Å². The Balaban J connectivity index is 1.92. The zero-order valence-corrected chi connectivity index (χ0v) is 10.9. The molecule has 104 valence electrons. The van der Waals surface area contributed by atoms with Crippen LogP contribution in [0.15, 0.2) is 22.7 Å². The maximum Gasteiger partial charge on any atom is 0.292 e. The largest absolute Gasteiger partial charge is 0.393 e. The lowest BCUT2D eigenvalue weighted by Crippen LogP contribution is -1.97. The molecule has 2 aromatic rings. The van der Waals surface area contributed by atoms with Gasteiger partial charge < -0.3 is 10.3 Å². The number of hydrogen-bond acceptors (Lipinski definition) is 6. The molecule has 0 aliphatic heterocycles. The summed E-state index contributed by atoms with van der Waals surface area (Å²) < 4.78 is 5.25. The molecule has 0 radical (unpaired) electrons. The molecule has 3 rings (SSSR count). The molecule has 0 amide bonds. The summed E-state index contributed by atoms with van der Waals surface area (Å²) >= 11 is 0. The molecule has 1 aliphatic rings. The van der Waals surface area contributed by atoms with E-state index in [0.29, 0.717) is 23.2 Å². The number of nitro benzene ring substituents is 1. The summed E-state index contributed by atoms with van der Waals surface area (Å²) in [5.41, 5.74) is 6.07. The summed E-state index contributed by atoms with van der Waals surface area (Å²) in [5, 5.41) is 14.8. The van der Waals surface area contributed by atoms with Gasteiger partial charge in [-0.3, -0.25) is 10.1 Å². The highest BCUT2D eigenvalue weighted by molar-refractivity contribution is 5.68. The van der Waals surface area contributed by atoms with E-state index in [-0.39, 0.29) is 17.3 Å². The Morgan fingerprint density at radius 1 is 1.50 bits per heavy atom. The van der Waals surface area contributed by atoms with Crippen LogP contribution in [-0.2, 0) is 0 Å². The van der Waals surface area contributed by atoms with Crippen molar-refractivity contribution in [2.24, 2.45) is 5.92 Å². The molecular weight excluding hydrogens is 260 g/mol. The zero-order valence-electron chi connectivity index (χ0n) is 10.9. The van der Waals surface area contributed by atoms with Gasteiger partial charge in [-0.05, 0) is 30.9 Å². The van der Waals surface area contributed by atoms with Crippen LogP contribution in [0.3, 0.4) is 0 Å². The highest BCUT2D eigenvalue weighted by Crippen LogP contribution is 2.42. The van der Waals surface area contributed by atoms with Crippen LogP contribution >= 0.6 is 0 Å². The van der Waals surface area contributed by atoms with Gasteiger partial charge in [0, 0.05) is 17.5 Å². The van der Waals surface area contributed by atoms with E-state index in [2.05, 4.69) is 17.1 Å². The average molecular weight is 274 g/mol. The predicted molar refractivity (Wildman–Crippen MR) is 71.9 cm³/mol. The monoisotopic (exact) mass is 274 g/mol. The Morgan fingerprint density at radius 2 is 2.25 bits per heavy atom. The number of benzene rings is 1. The lowest BCUT2D eigenvalue weighted by Gasteiger charge is -2.01. The Labute approximate surface area is 114 Å². The first kappa shape index (κ1) is 12.6. The molecule has 1 saturated carbocycles. The van der Waals surface area contributed by atoms with Crippen molar-refractivity contribution in [2.45, 2.75) is 25.7 Å². The van der Waals surface area contributed by atoms with E-state index in [1.807, 2.05) is 0 Å². The van der Waals surface area contributed by atoms with Crippen molar-refractivity contribution in [1.82, 2.24) is 10.1 Å². The van der Waals surface area contributed by atoms with Crippen molar-refractivity contribution in [2.75, 3.05) is 5.73 Å². The molecule has 1 unspecified atom stereocenters. The SMILES string of the molecule is CC(c1nc(-c2ccc(N)c([N+](=O)[O-])c2)no1)C1CC1. The van der Waals surface area contributed by atoms with Crippen molar-refractivity contribution >= 4 is 11.4 Å². The number of nitrogens with zero attached hydrogens (tertiary/aromatic N) is 3. The number of hydrogen-bond donors (Lipinski definition) is 1. The number of nitro groups is 1. The summed E-state index contributed by atoms with van der Waals surface area (Å²) in [5.74, 6) is 1.79. The quantitative estimate of drug-likeness (QED) is 0.521. The summed E-state index contributed by atoms with van der Waals surface area (Å²) in [6.07, 6.45) is 2.37. The van der Waals surface area contributed by atoms with Gasteiger partial charge in [0.1, 0.15) is 5.69 Å². The molecule has 0 bridgehead atoms. The second-order valence-electron chi connectivity index (χ2n) is 5.11. The number of nitrogens with two attached hydrogens (primary N) is 1. The highest BCUT2D eigenvalue weighted by Gasteiger charge is 2.32. The van der Waals surface area contributed by atoms with Crippen LogP contribution in [0.2, 0.25) is 0 Å². The molecule has 1 heterocycles. The summed E-state index contributed by atoms with van der Waals surface area (Å²) in [6, 6.07) is 4.50. The van der Waals surface area contributed by atoms with Crippen LogP contribution in [0, 0.1) is 16.0 Å². The summed E-state index contributed by atoms with van der Waals surface area (Å²) in [4.78, 5) is 14.7. The first-order chi connectivity index (χ1) is 9.56. The third-order valence-electron chi connectivity index (χ3n) is 3.65. The minimum atomic E-state index is -0.521. The van der Waals surface area contributed by atoms with Crippen molar-refractivity contribution in [1.29, 1.82) is 0 Å². The van der Waals surface area contributed by atoms with Crippen LogP contribution in [0.1, 0.15) is 31.6 Å². The third-order valence-corrected chi connectivity index (χ3v) is 3.65. The van der Waals surface area contributed by atoms with Gasteiger partial charge in [-0.15, -0.1) is 0 Å². The molecule has 7 heteroatoms. The van der Waals surface area contributed by atoms with Gasteiger partial charge in [0.05, 0.1) is 4.92 Å². The van der Waals surface area contributed by atoms with Gasteiger partial charge in [0.15, 0.2) is 0 Å². The lowest BCUT2D eigenvalue weighted by atomic mass is 10.1. The van der Waals surface area contributed by atoms with Crippen molar-refractivity contribution in [3.8, 4) is 11.4 Å². The van der Waals surface area contributed by atoms with Gasteiger partial charge in [-0.2, -0.15) is 4.98 Å². The number of rotatable bonds is 4. The Bertz CT molecular complexity index is 663. The predicted octanol–water partition coefficient (Wildman–Crippen LogP) is 2.74. The summed E-state index contributed by atoms with van der Waals surface area (Å²) in [6.45, 7) is 2.06. The van der Waals surface area contributed by atoms with E-state index >= 15 is 0 Å². The molecule has 0 saturated heterocycles. The standard InChI is InChI=1S/C13H14N4O3/c1-7(8-2-3-8)13-15-12(16-20-13)9-4-5-10(14)11(6-9)17(18)19/h4-8H,2-3,14H2,1H3. The van der Waals surface area contributed by atoms with Crippen LogP contribution in [0.5, 0.6) is 0 Å². The molecule has 1 aromatic carbocycles. The Morgan fingerprint density at radius 3 is 2.90 bits per heavy atom. The van der Waals surface area contributed by atoms with Crippen molar-refractivity contribution in [3.63, 3.8) is 0 Å². The highest BCUT2D eigenvalue weighted by atomic mass is 16.6. The number of aromatic nitrogens is 2. The molecule has 1 atom stereocenters. The van der Waals surface area contributed by atoms with E-state index in [4.69, 9.17) is 10.3 Å². The second kappa shape index (κ2) is 4.59. The Kier molecular flexibility index (Phi) is 2.89. The molecule has 1 aliphatic carbocycles. The topological polar surface area (TPSA) is 108 Å². The van der Waals surface area contributed by atoms with E-state index < -0.39 is 4.92 Å². The normalized spacial score (nSPS) is 16.1. The molecule has 20 heavy (non-hydrogen) atoms. The summed E-state index contributed by atoms with van der Waals surface area (Å²) in [7, 11) is 0. The molecular formula is C13H14N4O3. The fourth-order valence-corrected chi connectivity index (χ4v) is 2.18. The minimum absolute atomic E-state index is 0.119. The maximum absolute atomic E-state index is 10.9. The van der Waals surface area contributed by atoms with E-state index in [1.165, 1.54) is 25.0 Å². The van der Waals surface area contributed by atoms with Crippen LogP contribution in [0.4, 0.5) is 11.4 Å². The van der Waals surface area contributed by atoms with Gasteiger partial charge in [0.2, 0.25) is 11.7 Å². The minimum Gasteiger partial charge on any atom is -0.393 e. The van der Waals surface area contributed by atoms with Crippen LogP contribution in [-0.4, -0.2) is 15.1 Å². The average Bonchev–Trinajstić information content (AvgIpc) is 3.15. The zero-order chi connectivity index (χ0) is 14.3.